The van der Waals surface area contributed by atoms with Gasteiger partial charge in [0.25, 0.3) is 0 Å². The molecule has 6 heteroatoms. The lowest BCUT2D eigenvalue weighted by Crippen LogP contribution is -2.40. The van der Waals surface area contributed by atoms with E-state index in [0.29, 0.717) is 6.42 Å². The maximum Gasteiger partial charge on any atom is 0.244 e. The zero-order valence-corrected chi connectivity index (χ0v) is 12.3. The van der Waals surface area contributed by atoms with Gasteiger partial charge in [0.2, 0.25) is 10.0 Å². The van der Waals surface area contributed by atoms with E-state index in [2.05, 4.69) is 0 Å². The van der Waals surface area contributed by atoms with Crippen LogP contribution in [0, 0.1) is 17.1 Å². The molecule has 0 saturated carbocycles. The average molecular weight is 296 g/mol. The highest BCUT2D eigenvalue weighted by Gasteiger charge is 2.40. The summed E-state index contributed by atoms with van der Waals surface area (Å²) in [5, 5.41) is 9.02. The third kappa shape index (κ3) is 2.32. The summed E-state index contributed by atoms with van der Waals surface area (Å²) in [6, 6.07) is 5.18. The smallest absolute Gasteiger partial charge is 0.207 e. The van der Waals surface area contributed by atoms with E-state index in [1.807, 2.05) is 13.8 Å². The van der Waals surface area contributed by atoms with Crippen LogP contribution in [0.1, 0.15) is 38.7 Å². The predicted molar refractivity (Wildman–Crippen MR) is 72.9 cm³/mol. The molecule has 1 aliphatic rings. The summed E-state index contributed by atoms with van der Waals surface area (Å²) in [4.78, 5) is -0.229. The minimum atomic E-state index is -3.84. The normalized spacial score (nSPS) is 23.7. The molecule has 1 aromatic carbocycles. The molecule has 0 amide bonds. The van der Waals surface area contributed by atoms with Crippen LogP contribution in [0.4, 0.5) is 4.39 Å². The first kappa shape index (κ1) is 14.9. The Morgan fingerprint density at radius 3 is 2.75 bits per heavy atom. The van der Waals surface area contributed by atoms with Crippen LogP contribution in [-0.4, -0.2) is 24.8 Å². The number of nitriles is 1. The Bertz CT molecular complexity index is 652. The quantitative estimate of drug-likeness (QED) is 0.861. The van der Waals surface area contributed by atoms with Crippen molar-refractivity contribution in [3.05, 3.63) is 29.6 Å². The molecule has 2 unspecified atom stereocenters. The molecular formula is C14H17FN2O2S. The summed E-state index contributed by atoms with van der Waals surface area (Å²) in [7, 11) is -3.84. The van der Waals surface area contributed by atoms with Crippen molar-refractivity contribution in [1.29, 1.82) is 5.26 Å². The molecule has 2 atom stereocenters. The second-order valence-electron chi connectivity index (χ2n) is 5.05. The van der Waals surface area contributed by atoms with Crippen LogP contribution in [-0.2, 0) is 10.0 Å². The molecule has 20 heavy (non-hydrogen) atoms. The summed E-state index contributed by atoms with van der Waals surface area (Å²) in [5.41, 5.74) is -0.401. The van der Waals surface area contributed by atoms with Gasteiger partial charge in [0.05, 0.1) is 0 Å². The van der Waals surface area contributed by atoms with E-state index in [-0.39, 0.29) is 17.0 Å². The first-order valence-corrected chi connectivity index (χ1v) is 8.09. The maximum absolute atomic E-state index is 13.6. The summed E-state index contributed by atoms with van der Waals surface area (Å²) in [6.45, 7) is 3.78. The molecule has 1 aromatic rings. The van der Waals surface area contributed by atoms with Crippen molar-refractivity contribution in [2.75, 3.05) is 0 Å². The fraction of sp³-hybridized carbons (Fsp3) is 0.500. The van der Waals surface area contributed by atoms with Gasteiger partial charge in [-0.15, -0.1) is 0 Å². The number of rotatable bonds is 3. The standard InChI is InChI=1S/C14H17FN2O2S/c1-3-11-8-7-10(2)17(11)20(18,19)14-6-4-5-13(15)12(14)9-16/h4-6,10-11H,3,7-8H2,1-2H3. The monoisotopic (exact) mass is 296 g/mol. The number of sulfonamides is 1. The molecule has 0 bridgehead atoms. The van der Waals surface area contributed by atoms with Crippen LogP contribution in [0.3, 0.4) is 0 Å². The number of nitrogens with zero attached hydrogens (tertiary/aromatic N) is 2. The van der Waals surface area contributed by atoms with Gasteiger partial charge in [-0.25, -0.2) is 12.8 Å². The number of hydrogen-bond donors (Lipinski definition) is 0. The van der Waals surface area contributed by atoms with Crippen LogP contribution in [0.5, 0.6) is 0 Å². The average Bonchev–Trinajstić information content (AvgIpc) is 2.80. The molecule has 1 saturated heterocycles. The third-order valence-corrected chi connectivity index (χ3v) is 5.93. The van der Waals surface area contributed by atoms with E-state index >= 15 is 0 Å². The molecule has 0 aliphatic carbocycles. The highest BCUT2D eigenvalue weighted by atomic mass is 32.2. The van der Waals surface area contributed by atoms with Gasteiger partial charge in [0, 0.05) is 12.1 Å². The Morgan fingerprint density at radius 2 is 2.15 bits per heavy atom. The molecule has 0 N–H and O–H groups in total. The van der Waals surface area contributed by atoms with Gasteiger partial charge in [-0.05, 0) is 38.3 Å². The van der Waals surface area contributed by atoms with E-state index in [1.54, 1.807) is 6.07 Å². The first-order valence-electron chi connectivity index (χ1n) is 6.65. The Morgan fingerprint density at radius 1 is 1.45 bits per heavy atom. The van der Waals surface area contributed by atoms with Gasteiger partial charge in [0.1, 0.15) is 22.3 Å². The lowest BCUT2D eigenvalue weighted by molar-refractivity contribution is 0.328. The molecule has 1 fully saturated rings. The van der Waals surface area contributed by atoms with E-state index in [0.717, 1.165) is 18.9 Å². The Hall–Kier alpha value is -1.45. The second-order valence-corrected chi connectivity index (χ2v) is 6.86. The molecular weight excluding hydrogens is 279 g/mol. The lowest BCUT2D eigenvalue weighted by atomic mass is 10.2. The van der Waals surface area contributed by atoms with Crippen molar-refractivity contribution in [2.24, 2.45) is 0 Å². The molecule has 2 rings (SSSR count). The highest BCUT2D eigenvalue weighted by molar-refractivity contribution is 7.89. The van der Waals surface area contributed by atoms with Gasteiger partial charge < -0.3 is 0 Å². The van der Waals surface area contributed by atoms with Gasteiger partial charge in [-0.1, -0.05) is 13.0 Å². The maximum atomic E-state index is 13.6. The van der Waals surface area contributed by atoms with Gasteiger partial charge in [-0.2, -0.15) is 9.57 Å². The van der Waals surface area contributed by atoms with Crippen molar-refractivity contribution in [1.82, 2.24) is 4.31 Å². The number of hydrogen-bond acceptors (Lipinski definition) is 3. The van der Waals surface area contributed by atoms with Gasteiger partial charge in [-0.3, -0.25) is 0 Å². The first-order chi connectivity index (χ1) is 9.43. The van der Waals surface area contributed by atoms with Crippen molar-refractivity contribution in [3.8, 4) is 6.07 Å². The molecule has 108 valence electrons. The van der Waals surface area contributed by atoms with Crippen LogP contribution in [0.25, 0.3) is 0 Å². The SMILES string of the molecule is CCC1CCC(C)N1S(=O)(=O)c1cccc(F)c1C#N. The van der Waals surface area contributed by atoms with Crippen LogP contribution in [0.2, 0.25) is 0 Å². The Labute approximate surface area is 118 Å². The highest BCUT2D eigenvalue weighted by Crippen LogP contribution is 2.33. The Kier molecular flexibility index (Phi) is 4.11. The fourth-order valence-corrected chi connectivity index (χ4v) is 4.91. The molecule has 0 radical (unpaired) electrons. The fourth-order valence-electron chi connectivity index (χ4n) is 2.81. The van der Waals surface area contributed by atoms with Crippen molar-refractivity contribution in [3.63, 3.8) is 0 Å². The molecule has 1 aliphatic heterocycles. The van der Waals surface area contributed by atoms with E-state index < -0.39 is 21.4 Å². The topological polar surface area (TPSA) is 61.2 Å². The molecule has 0 aromatic heterocycles. The van der Waals surface area contributed by atoms with Crippen LogP contribution >= 0.6 is 0 Å². The lowest BCUT2D eigenvalue weighted by Gasteiger charge is -2.27. The summed E-state index contributed by atoms with van der Waals surface area (Å²) >= 11 is 0. The summed E-state index contributed by atoms with van der Waals surface area (Å²) < 4.78 is 40.6. The predicted octanol–water partition coefficient (Wildman–Crippen LogP) is 2.65. The van der Waals surface area contributed by atoms with Gasteiger partial charge in [0.15, 0.2) is 0 Å². The molecule has 1 heterocycles. The summed E-state index contributed by atoms with van der Waals surface area (Å²) in [6.07, 6.45) is 2.30. The minimum Gasteiger partial charge on any atom is -0.207 e. The third-order valence-electron chi connectivity index (χ3n) is 3.83. The van der Waals surface area contributed by atoms with E-state index in [9.17, 15) is 12.8 Å². The van der Waals surface area contributed by atoms with Crippen LogP contribution in [0.15, 0.2) is 23.1 Å². The molecule has 0 spiro atoms. The second kappa shape index (κ2) is 5.51. The molecule has 4 nitrogen and oxygen atoms in total. The van der Waals surface area contributed by atoms with Crippen molar-refractivity contribution < 1.29 is 12.8 Å². The summed E-state index contributed by atoms with van der Waals surface area (Å²) in [5.74, 6) is -0.798. The van der Waals surface area contributed by atoms with Crippen molar-refractivity contribution in [2.45, 2.75) is 50.1 Å². The van der Waals surface area contributed by atoms with Gasteiger partial charge >= 0.3 is 0 Å². The van der Waals surface area contributed by atoms with E-state index in [4.69, 9.17) is 5.26 Å². The zero-order chi connectivity index (χ0) is 14.9. The minimum absolute atomic E-state index is 0.0789. The van der Waals surface area contributed by atoms with Crippen molar-refractivity contribution >= 4 is 10.0 Å². The number of halogens is 1. The zero-order valence-electron chi connectivity index (χ0n) is 11.5. The number of benzene rings is 1. The van der Waals surface area contributed by atoms with Crippen LogP contribution < -0.4 is 0 Å². The largest absolute Gasteiger partial charge is 0.244 e. The Balaban J connectivity index is 2.57. The van der Waals surface area contributed by atoms with E-state index in [1.165, 1.54) is 16.4 Å².